The molecule has 0 aliphatic carbocycles. The molecular weight excluding hydrogens is 489 g/mol. The number of nitrogens with two attached hydrogens (primary N) is 1. The summed E-state index contributed by atoms with van der Waals surface area (Å²) < 4.78 is 45.0. The number of carbonyl (C=O) groups excluding carboxylic acids is 2. The normalized spacial score (nSPS) is 15.7. The predicted molar refractivity (Wildman–Crippen MR) is 123 cm³/mol. The molecule has 192 valence electrons. The molecule has 35 heavy (non-hydrogen) atoms. The number of halogens is 4. The fraction of sp³-hybridized carbons (Fsp3) is 0.545. The number of hydrogen-bond donors (Lipinski definition) is 1. The van der Waals surface area contributed by atoms with E-state index >= 15 is 0 Å². The van der Waals surface area contributed by atoms with Crippen molar-refractivity contribution in [2.75, 3.05) is 31.1 Å². The fourth-order valence-corrected chi connectivity index (χ4v) is 4.10. The number of hydrogen-bond acceptors (Lipinski definition) is 6. The molecule has 1 unspecified atom stereocenters. The molecule has 3 heterocycles. The van der Waals surface area contributed by atoms with Gasteiger partial charge in [-0.3, -0.25) is 4.79 Å². The number of piperazine rings is 1. The Morgan fingerprint density at radius 3 is 2.26 bits per heavy atom. The first-order valence-electron chi connectivity index (χ1n) is 11.0. The minimum atomic E-state index is -4.50. The van der Waals surface area contributed by atoms with Crippen LogP contribution in [0.1, 0.15) is 43.1 Å². The number of primary amides is 1. The minimum Gasteiger partial charge on any atom is -0.444 e. The van der Waals surface area contributed by atoms with Crippen LogP contribution in [0.3, 0.4) is 0 Å². The van der Waals surface area contributed by atoms with Crippen LogP contribution in [-0.4, -0.2) is 63.7 Å². The van der Waals surface area contributed by atoms with Crippen molar-refractivity contribution in [3.05, 3.63) is 40.9 Å². The van der Waals surface area contributed by atoms with Crippen LogP contribution in [0.2, 0.25) is 5.15 Å². The molecule has 13 heteroatoms. The average Bonchev–Trinajstić information content (AvgIpc) is 3.11. The van der Waals surface area contributed by atoms with Crippen LogP contribution in [0, 0.1) is 5.41 Å². The smallest absolute Gasteiger partial charge is 0.419 e. The molecule has 0 spiro atoms. The van der Waals surface area contributed by atoms with Gasteiger partial charge in [-0.15, -0.1) is 0 Å². The Balaban J connectivity index is 1.62. The summed E-state index contributed by atoms with van der Waals surface area (Å²) >= 11 is 6.34. The van der Waals surface area contributed by atoms with Crippen molar-refractivity contribution in [3.8, 4) is 0 Å². The summed E-state index contributed by atoms with van der Waals surface area (Å²) in [6, 6.07) is 1.55. The zero-order chi connectivity index (χ0) is 26.0. The van der Waals surface area contributed by atoms with E-state index in [1.165, 1.54) is 0 Å². The molecular formula is C22H28ClF3N6O3. The largest absolute Gasteiger partial charge is 0.444 e. The van der Waals surface area contributed by atoms with E-state index < -0.39 is 23.9 Å². The number of aromatic nitrogens is 3. The Hall–Kier alpha value is -3.02. The van der Waals surface area contributed by atoms with E-state index in [4.69, 9.17) is 22.1 Å². The van der Waals surface area contributed by atoms with Crippen molar-refractivity contribution in [1.29, 1.82) is 0 Å². The molecule has 1 saturated heterocycles. The second-order valence-electron chi connectivity index (χ2n) is 9.58. The third-order valence-corrected chi connectivity index (χ3v) is 5.76. The summed E-state index contributed by atoms with van der Waals surface area (Å²) in [6.07, 6.45) is -2.25. The molecule has 1 atom stereocenters. The second kappa shape index (κ2) is 10.3. The molecule has 0 radical (unpaired) electrons. The Bertz CT molecular complexity index is 1040. The topological polar surface area (TPSA) is 107 Å². The molecule has 0 saturated carbocycles. The van der Waals surface area contributed by atoms with E-state index in [0.29, 0.717) is 43.3 Å². The first-order chi connectivity index (χ1) is 16.2. The average molecular weight is 517 g/mol. The van der Waals surface area contributed by atoms with Gasteiger partial charge >= 0.3 is 12.3 Å². The number of anilines is 1. The van der Waals surface area contributed by atoms with Gasteiger partial charge in [0.2, 0.25) is 5.95 Å². The zero-order valence-electron chi connectivity index (χ0n) is 19.7. The van der Waals surface area contributed by atoms with E-state index in [0.717, 1.165) is 12.4 Å². The van der Waals surface area contributed by atoms with Crippen LogP contribution < -0.4 is 10.6 Å². The first kappa shape index (κ1) is 26.6. The Labute approximate surface area is 206 Å². The predicted octanol–water partition coefficient (Wildman–Crippen LogP) is 3.81. The van der Waals surface area contributed by atoms with Crippen LogP contribution in [0.4, 0.5) is 23.9 Å². The number of alkyl halides is 3. The number of ether oxygens (including phenoxy) is 1. The van der Waals surface area contributed by atoms with E-state index in [1.807, 2.05) is 20.8 Å². The van der Waals surface area contributed by atoms with E-state index in [1.54, 1.807) is 26.6 Å². The highest BCUT2D eigenvalue weighted by molar-refractivity contribution is 6.30. The minimum absolute atomic E-state index is 0.130. The highest BCUT2D eigenvalue weighted by atomic mass is 35.5. The van der Waals surface area contributed by atoms with Crippen molar-refractivity contribution >= 4 is 29.5 Å². The van der Waals surface area contributed by atoms with Gasteiger partial charge in [0.05, 0.1) is 17.7 Å². The standard InChI is InChI=1S/C22H28ClF3N6O3/c1-21(2,3)9-16(35-19(27)34)13-32-12-14(8-17(32)23)18(33)30-4-6-31(7-5-30)20-28-10-15(11-29-20)22(24,25)26/h8,10-12,16H,4-7,9,13H2,1-3H3,(H2,27,34). The van der Waals surface area contributed by atoms with Gasteiger partial charge in [0.1, 0.15) is 11.3 Å². The third kappa shape index (κ3) is 7.23. The van der Waals surface area contributed by atoms with Gasteiger partial charge in [-0.25, -0.2) is 14.8 Å². The van der Waals surface area contributed by atoms with Crippen LogP contribution in [0.15, 0.2) is 24.7 Å². The molecule has 0 aromatic carbocycles. The maximum Gasteiger partial charge on any atom is 0.419 e. The highest BCUT2D eigenvalue weighted by Crippen LogP contribution is 2.29. The quantitative estimate of drug-likeness (QED) is 0.625. The molecule has 0 bridgehead atoms. The molecule has 2 aromatic heterocycles. The summed E-state index contributed by atoms with van der Waals surface area (Å²) in [5, 5.41) is 0.317. The SMILES string of the molecule is CC(C)(C)CC(Cn1cc(C(=O)N2CCN(c3ncc(C(F)(F)F)cn3)CC2)cc1Cl)OC(N)=O. The molecule has 2 aromatic rings. The molecule has 3 rings (SSSR count). The van der Waals surface area contributed by atoms with E-state index in [-0.39, 0.29) is 23.8 Å². The number of carbonyl (C=O) groups is 2. The van der Waals surface area contributed by atoms with Crippen molar-refractivity contribution < 1.29 is 27.5 Å². The molecule has 1 fully saturated rings. The second-order valence-corrected chi connectivity index (χ2v) is 9.96. The van der Waals surface area contributed by atoms with Gasteiger partial charge in [0.15, 0.2) is 0 Å². The van der Waals surface area contributed by atoms with E-state index in [9.17, 15) is 22.8 Å². The molecule has 2 N–H and O–H groups in total. The maximum atomic E-state index is 13.0. The molecule has 9 nitrogen and oxygen atoms in total. The molecule has 2 amide bonds. The van der Waals surface area contributed by atoms with Gasteiger partial charge in [-0.1, -0.05) is 32.4 Å². The van der Waals surface area contributed by atoms with Gasteiger partial charge in [-0.05, 0) is 17.9 Å². The van der Waals surface area contributed by atoms with Crippen molar-refractivity contribution in [3.63, 3.8) is 0 Å². The Morgan fingerprint density at radius 2 is 1.74 bits per heavy atom. The Kier molecular flexibility index (Phi) is 7.83. The zero-order valence-corrected chi connectivity index (χ0v) is 20.4. The fourth-order valence-electron chi connectivity index (χ4n) is 3.87. The van der Waals surface area contributed by atoms with Crippen LogP contribution in [0.5, 0.6) is 0 Å². The highest BCUT2D eigenvalue weighted by Gasteiger charge is 2.32. The Morgan fingerprint density at radius 1 is 1.14 bits per heavy atom. The van der Waals surface area contributed by atoms with Crippen molar-refractivity contribution in [2.45, 2.75) is 46.0 Å². The van der Waals surface area contributed by atoms with Crippen LogP contribution in [-0.2, 0) is 17.5 Å². The van der Waals surface area contributed by atoms with Gasteiger partial charge in [0.25, 0.3) is 5.91 Å². The first-order valence-corrected chi connectivity index (χ1v) is 11.4. The number of amides is 2. The van der Waals surface area contributed by atoms with Crippen molar-refractivity contribution in [2.24, 2.45) is 11.1 Å². The monoisotopic (exact) mass is 516 g/mol. The summed E-state index contributed by atoms with van der Waals surface area (Å²) in [5.41, 5.74) is 4.54. The summed E-state index contributed by atoms with van der Waals surface area (Å²) in [4.78, 5) is 35.3. The number of nitrogens with zero attached hydrogens (tertiary/aromatic N) is 5. The lowest BCUT2D eigenvalue weighted by atomic mass is 9.89. The third-order valence-electron chi connectivity index (χ3n) is 5.43. The van der Waals surface area contributed by atoms with Gasteiger partial charge in [0, 0.05) is 44.8 Å². The number of rotatable bonds is 6. The summed E-state index contributed by atoms with van der Waals surface area (Å²) in [5.74, 6) is -0.0551. The molecule has 1 aliphatic rings. The lowest BCUT2D eigenvalue weighted by Gasteiger charge is -2.34. The molecule has 1 aliphatic heterocycles. The summed E-state index contributed by atoms with van der Waals surface area (Å²) in [7, 11) is 0. The lowest BCUT2D eigenvalue weighted by molar-refractivity contribution is -0.138. The lowest BCUT2D eigenvalue weighted by Crippen LogP contribution is -2.49. The van der Waals surface area contributed by atoms with Gasteiger partial charge < -0.3 is 24.8 Å². The maximum absolute atomic E-state index is 13.0. The van der Waals surface area contributed by atoms with Crippen LogP contribution in [0.25, 0.3) is 0 Å². The van der Waals surface area contributed by atoms with Crippen molar-refractivity contribution in [1.82, 2.24) is 19.4 Å². The van der Waals surface area contributed by atoms with E-state index in [2.05, 4.69) is 9.97 Å². The van der Waals surface area contributed by atoms with Crippen LogP contribution >= 0.6 is 11.6 Å². The van der Waals surface area contributed by atoms with Gasteiger partial charge in [-0.2, -0.15) is 13.2 Å². The summed E-state index contributed by atoms with van der Waals surface area (Å²) in [6.45, 7) is 7.67.